The van der Waals surface area contributed by atoms with E-state index in [-0.39, 0.29) is 12.6 Å². The number of hydrogen-bond donors (Lipinski definition) is 3. The van der Waals surface area contributed by atoms with Crippen molar-refractivity contribution in [1.82, 2.24) is 20.4 Å². The maximum absolute atomic E-state index is 11.5. The highest BCUT2D eigenvalue weighted by molar-refractivity contribution is 5.73. The van der Waals surface area contributed by atoms with Gasteiger partial charge in [-0.15, -0.1) is 0 Å². The molecule has 2 amide bonds. The molecule has 1 unspecified atom stereocenters. The van der Waals surface area contributed by atoms with Crippen molar-refractivity contribution >= 4 is 6.03 Å². The van der Waals surface area contributed by atoms with E-state index < -0.39 is 6.10 Å². The third-order valence-electron chi connectivity index (χ3n) is 2.79. The normalized spacial score (nSPS) is 12.1. The highest BCUT2D eigenvalue weighted by Gasteiger charge is 2.11. The van der Waals surface area contributed by atoms with Crippen molar-refractivity contribution in [2.24, 2.45) is 7.05 Å². The van der Waals surface area contributed by atoms with Crippen molar-refractivity contribution in [3.05, 3.63) is 42.1 Å². The first kappa shape index (κ1) is 14.1. The van der Waals surface area contributed by atoms with Crippen molar-refractivity contribution in [3.8, 4) is 0 Å². The van der Waals surface area contributed by atoms with Gasteiger partial charge < -0.3 is 20.2 Å². The molecule has 0 aliphatic heterocycles. The van der Waals surface area contributed by atoms with E-state index in [1.807, 2.05) is 13.2 Å². The summed E-state index contributed by atoms with van der Waals surface area (Å²) in [6.07, 6.45) is 5.02. The van der Waals surface area contributed by atoms with E-state index in [0.29, 0.717) is 18.7 Å². The SMILES string of the molecule is Cn1cc(CCNC(=O)NCC(O)c2ccco2)cn1. The van der Waals surface area contributed by atoms with Gasteiger partial charge in [-0.25, -0.2) is 4.79 Å². The molecule has 7 nitrogen and oxygen atoms in total. The van der Waals surface area contributed by atoms with Gasteiger partial charge in [0.15, 0.2) is 0 Å². The van der Waals surface area contributed by atoms with Crippen LogP contribution in [0.1, 0.15) is 17.4 Å². The molecule has 0 bridgehead atoms. The average Bonchev–Trinajstić information content (AvgIpc) is 3.07. The van der Waals surface area contributed by atoms with E-state index in [1.54, 1.807) is 23.0 Å². The van der Waals surface area contributed by atoms with Crippen LogP contribution < -0.4 is 10.6 Å². The van der Waals surface area contributed by atoms with Crippen molar-refractivity contribution in [2.75, 3.05) is 13.1 Å². The summed E-state index contributed by atoms with van der Waals surface area (Å²) in [5.74, 6) is 0.431. The second-order valence-electron chi connectivity index (χ2n) is 4.44. The zero-order chi connectivity index (χ0) is 14.4. The minimum Gasteiger partial charge on any atom is -0.467 e. The van der Waals surface area contributed by atoms with Crippen LogP contribution in [0.4, 0.5) is 4.79 Å². The molecule has 2 rings (SSSR count). The molecule has 0 spiro atoms. The van der Waals surface area contributed by atoms with Crippen molar-refractivity contribution < 1.29 is 14.3 Å². The number of aromatic nitrogens is 2. The Bertz CT molecular complexity index is 536. The lowest BCUT2D eigenvalue weighted by atomic mass is 10.2. The number of aliphatic hydroxyl groups is 1. The molecule has 1 atom stereocenters. The number of carbonyl (C=O) groups excluding carboxylic acids is 1. The first-order chi connectivity index (χ1) is 9.65. The molecule has 7 heteroatoms. The lowest BCUT2D eigenvalue weighted by molar-refractivity contribution is 0.148. The first-order valence-electron chi connectivity index (χ1n) is 6.36. The molecule has 2 aromatic heterocycles. The molecule has 20 heavy (non-hydrogen) atoms. The minimum atomic E-state index is -0.839. The molecule has 0 fully saturated rings. The number of aliphatic hydroxyl groups excluding tert-OH is 1. The van der Waals surface area contributed by atoms with Crippen LogP contribution >= 0.6 is 0 Å². The van der Waals surface area contributed by atoms with Gasteiger partial charge in [-0.2, -0.15) is 5.10 Å². The Morgan fingerprint density at radius 2 is 2.40 bits per heavy atom. The van der Waals surface area contributed by atoms with Crippen LogP contribution in [0.25, 0.3) is 0 Å². The second-order valence-corrected chi connectivity index (χ2v) is 4.44. The maximum Gasteiger partial charge on any atom is 0.314 e. The molecule has 3 N–H and O–H groups in total. The summed E-state index contributed by atoms with van der Waals surface area (Å²) in [4.78, 5) is 11.5. The van der Waals surface area contributed by atoms with Gasteiger partial charge in [-0.1, -0.05) is 0 Å². The van der Waals surface area contributed by atoms with Crippen LogP contribution in [0.15, 0.2) is 35.2 Å². The maximum atomic E-state index is 11.5. The van der Waals surface area contributed by atoms with Crippen LogP contribution in [-0.4, -0.2) is 34.0 Å². The van der Waals surface area contributed by atoms with Crippen LogP contribution in [0.5, 0.6) is 0 Å². The van der Waals surface area contributed by atoms with Gasteiger partial charge in [0.25, 0.3) is 0 Å². The predicted molar refractivity (Wildman–Crippen MR) is 72.0 cm³/mol. The number of furan rings is 1. The van der Waals surface area contributed by atoms with Gasteiger partial charge in [0.05, 0.1) is 19.0 Å². The fraction of sp³-hybridized carbons (Fsp3) is 0.385. The Kier molecular flexibility index (Phi) is 4.78. The average molecular weight is 278 g/mol. The fourth-order valence-electron chi connectivity index (χ4n) is 1.75. The molecular weight excluding hydrogens is 260 g/mol. The third-order valence-corrected chi connectivity index (χ3v) is 2.79. The molecule has 2 heterocycles. The molecule has 0 aliphatic carbocycles. The summed E-state index contributed by atoms with van der Waals surface area (Å²) in [7, 11) is 1.85. The molecule has 0 radical (unpaired) electrons. The smallest absolute Gasteiger partial charge is 0.314 e. The van der Waals surface area contributed by atoms with Gasteiger partial charge in [0, 0.05) is 19.8 Å². The largest absolute Gasteiger partial charge is 0.467 e. The number of amides is 2. The lowest BCUT2D eigenvalue weighted by Crippen LogP contribution is -2.38. The monoisotopic (exact) mass is 278 g/mol. The Morgan fingerprint density at radius 3 is 3.05 bits per heavy atom. The summed E-state index contributed by atoms with van der Waals surface area (Å²) in [5, 5.41) is 19.1. The van der Waals surface area contributed by atoms with E-state index in [2.05, 4.69) is 15.7 Å². The Balaban J connectivity index is 1.63. The molecule has 2 aromatic rings. The fourth-order valence-corrected chi connectivity index (χ4v) is 1.75. The number of urea groups is 1. The molecule has 0 saturated heterocycles. The van der Waals surface area contributed by atoms with Crippen LogP contribution in [-0.2, 0) is 13.5 Å². The summed E-state index contributed by atoms with van der Waals surface area (Å²) < 4.78 is 6.76. The molecule has 0 aromatic carbocycles. The van der Waals surface area contributed by atoms with Gasteiger partial charge >= 0.3 is 6.03 Å². The number of aryl methyl sites for hydroxylation is 1. The Labute approximate surface area is 116 Å². The number of rotatable bonds is 6. The second kappa shape index (κ2) is 6.76. The lowest BCUT2D eigenvalue weighted by Gasteiger charge is -2.10. The number of carbonyl (C=O) groups is 1. The van der Waals surface area contributed by atoms with Gasteiger partial charge in [0.2, 0.25) is 0 Å². The predicted octanol–water partition coefficient (Wildman–Crippen LogP) is 0.588. The Hall–Kier alpha value is -2.28. The van der Waals surface area contributed by atoms with Crippen LogP contribution in [0, 0.1) is 0 Å². The standard InChI is InChI=1S/C13H18N4O3/c1-17-9-10(7-16-17)4-5-14-13(19)15-8-11(18)12-3-2-6-20-12/h2-3,6-7,9,11,18H,4-5,8H2,1H3,(H2,14,15,19). The van der Waals surface area contributed by atoms with E-state index >= 15 is 0 Å². The molecule has 0 aliphatic rings. The highest BCUT2D eigenvalue weighted by Crippen LogP contribution is 2.11. The topological polar surface area (TPSA) is 92.3 Å². The van der Waals surface area contributed by atoms with Crippen LogP contribution in [0.3, 0.4) is 0 Å². The quantitative estimate of drug-likeness (QED) is 0.721. The molecule has 108 valence electrons. The van der Waals surface area contributed by atoms with Crippen molar-refractivity contribution in [3.63, 3.8) is 0 Å². The number of nitrogens with one attached hydrogen (secondary N) is 2. The summed E-state index contributed by atoms with van der Waals surface area (Å²) >= 11 is 0. The van der Waals surface area contributed by atoms with E-state index in [4.69, 9.17) is 4.42 Å². The van der Waals surface area contributed by atoms with Crippen molar-refractivity contribution in [2.45, 2.75) is 12.5 Å². The number of nitrogens with zero attached hydrogens (tertiary/aromatic N) is 2. The summed E-state index contributed by atoms with van der Waals surface area (Å²) in [6, 6.07) is 3.03. The third kappa shape index (κ3) is 4.13. The number of hydrogen-bond acceptors (Lipinski definition) is 4. The zero-order valence-electron chi connectivity index (χ0n) is 11.2. The van der Waals surface area contributed by atoms with E-state index in [9.17, 15) is 9.90 Å². The molecular formula is C13H18N4O3. The van der Waals surface area contributed by atoms with Gasteiger partial charge in [0.1, 0.15) is 11.9 Å². The van der Waals surface area contributed by atoms with Gasteiger partial charge in [-0.05, 0) is 24.1 Å². The van der Waals surface area contributed by atoms with Crippen molar-refractivity contribution in [1.29, 1.82) is 0 Å². The molecule has 0 saturated carbocycles. The minimum absolute atomic E-state index is 0.103. The highest BCUT2D eigenvalue weighted by atomic mass is 16.4. The summed E-state index contributed by atoms with van der Waals surface area (Å²) in [5.41, 5.74) is 1.06. The first-order valence-corrected chi connectivity index (χ1v) is 6.36. The van der Waals surface area contributed by atoms with E-state index in [1.165, 1.54) is 6.26 Å². The Morgan fingerprint density at radius 1 is 1.55 bits per heavy atom. The van der Waals surface area contributed by atoms with Gasteiger partial charge in [-0.3, -0.25) is 4.68 Å². The van der Waals surface area contributed by atoms with Crippen LogP contribution in [0.2, 0.25) is 0 Å². The summed E-state index contributed by atoms with van der Waals surface area (Å²) in [6.45, 7) is 0.612. The zero-order valence-corrected chi connectivity index (χ0v) is 11.2. The van der Waals surface area contributed by atoms with E-state index in [0.717, 1.165) is 5.56 Å².